The first-order valence-electron chi connectivity index (χ1n) is 11.0. The van der Waals surface area contributed by atoms with Crippen LogP contribution in [0.2, 0.25) is 0 Å². The molecule has 2 aliphatic heterocycles. The number of piperidine rings is 1. The molecule has 1 amide bonds. The number of carbonyl (C=O) groups is 1. The van der Waals surface area contributed by atoms with Crippen LogP contribution in [0.1, 0.15) is 66.9 Å². The van der Waals surface area contributed by atoms with Crippen LogP contribution >= 0.6 is 0 Å². The second-order valence-electron chi connectivity index (χ2n) is 10.5. The minimum absolute atomic E-state index is 0.167. The molecule has 0 bridgehead atoms. The Hall–Kier alpha value is -2.06. The summed E-state index contributed by atoms with van der Waals surface area (Å²) in [6, 6.07) is 6.00. The van der Waals surface area contributed by atoms with Gasteiger partial charge < -0.3 is 24.7 Å². The fourth-order valence-electron chi connectivity index (χ4n) is 3.55. The number of nitrogens with two attached hydrogens (primary N) is 1. The van der Waals surface area contributed by atoms with Crippen LogP contribution in [-0.4, -0.2) is 60.3 Å². The zero-order valence-electron chi connectivity index (χ0n) is 19.9. The molecule has 1 aromatic rings. The van der Waals surface area contributed by atoms with Gasteiger partial charge in [-0.1, -0.05) is 12.1 Å². The van der Waals surface area contributed by atoms with Gasteiger partial charge in [0.2, 0.25) is 0 Å². The lowest BCUT2D eigenvalue weighted by Crippen LogP contribution is -2.42. The summed E-state index contributed by atoms with van der Waals surface area (Å²) in [6.07, 6.45) is 3.19. The summed E-state index contributed by atoms with van der Waals surface area (Å²) in [6.45, 7) is 15.1. The van der Waals surface area contributed by atoms with E-state index < -0.39 is 12.7 Å². The van der Waals surface area contributed by atoms with Gasteiger partial charge in [-0.2, -0.15) is 0 Å². The van der Waals surface area contributed by atoms with Crippen LogP contribution in [0.4, 0.5) is 10.5 Å². The van der Waals surface area contributed by atoms with Crippen LogP contribution < -0.4 is 11.2 Å². The molecule has 2 saturated heterocycles. The smallest absolute Gasteiger partial charge is 0.444 e. The van der Waals surface area contributed by atoms with E-state index >= 15 is 0 Å². The fraction of sp³-hybridized carbons (Fsp3) is 0.652. The van der Waals surface area contributed by atoms with Gasteiger partial charge >= 0.3 is 13.2 Å². The fourth-order valence-corrected chi connectivity index (χ4v) is 3.55. The molecule has 1 aromatic carbocycles. The van der Waals surface area contributed by atoms with Crippen molar-refractivity contribution < 1.29 is 18.8 Å². The maximum absolute atomic E-state index is 12.2. The third kappa shape index (κ3) is 5.60. The zero-order valence-corrected chi connectivity index (χ0v) is 19.9. The Balaban J connectivity index is 1.57. The molecule has 0 aromatic heterocycles. The number of rotatable bonds is 3. The summed E-state index contributed by atoms with van der Waals surface area (Å²) >= 11 is 0. The molecule has 2 aliphatic rings. The highest BCUT2D eigenvalue weighted by molar-refractivity contribution is 6.62. The number of hydrogen-bond donors (Lipinski definition) is 1. The molecule has 8 heteroatoms. The van der Waals surface area contributed by atoms with E-state index in [1.807, 2.05) is 72.9 Å². The number of aliphatic imine (C=N–C) groups is 1. The quantitative estimate of drug-likeness (QED) is 0.452. The van der Waals surface area contributed by atoms with E-state index in [0.29, 0.717) is 18.8 Å². The normalized spacial score (nSPS) is 21.6. The Bertz CT molecular complexity index is 824. The highest BCUT2D eigenvalue weighted by atomic mass is 16.7. The summed E-state index contributed by atoms with van der Waals surface area (Å²) in [5, 5.41) is 0. The molecule has 0 spiro atoms. The minimum Gasteiger partial charge on any atom is -0.444 e. The molecule has 31 heavy (non-hydrogen) atoms. The van der Waals surface area contributed by atoms with E-state index in [-0.39, 0.29) is 23.3 Å². The second kappa shape index (κ2) is 8.47. The van der Waals surface area contributed by atoms with Crippen molar-refractivity contribution in [3.8, 4) is 0 Å². The Morgan fingerprint density at radius 2 is 1.77 bits per heavy atom. The number of nitrogens with zero attached hydrogens (tertiary/aromatic N) is 2. The van der Waals surface area contributed by atoms with Crippen LogP contribution in [0.5, 0.6) is 0 Å². The van der Waals surface area contributed by atoms with E-state index in [1.165, 1.54) is 0 Å². The summed E-state index contributed by atoms with van der Waals surface area (Å²) < 4.78 is 17.7. The van der Waals surface area contributed by atoms with Crippen LogP contribution in [0.25, 0.3) is 0 Å². The summed E-state index contributed by atoms with van der Waals surface area (Å²) in [5.74, 6) is 0. The van der Waals surface area contributed by atoms with Crippen LogP contribution in [-0.2, 0) is 14.0 Å². The van der Waals surface area contributed by atoms with Gasteiger partial charge in [0.05, 0.1) is 17.2 Å². The highest BCUT2D eigenvalue weighted by Crippen LogP contribution is 2.36. The molecule has 0 saturated carbocycles. The Kier molecular flexibility index (Phi) is 6.45. The van der Waals surface area contributed by atoms with Gasteiger partial charge in [0.25, 0.3) is 0 Å². The van der Waals surface area contributed by atoms with Crippen molar-refractivity contribution in [2.45, 2.75) is 84.2 Å². The van der Waals surface area contributed by atoms with Crippen LogP contribution in [0.3, 0.4) is 0 Å². The molecule has 0 unspecified atom stereocenters. The topological polar surface area (TPSA) is 86.4 Å². The third-order valence-corrected chi connectivity index (χ3v) is 6.18. The largest absolute Gasteiger partial charge is 0.494 e. The van der Waals surface area contributed by atoms with Gasteiger partial charge in [0, 0.05) is 30.6 Å². The van der Waals surface area contributed by atoms with E-state index in [4.69, 9.17) is 24.8 Å². The van der Waals surface area contributed by atoms with E-state index in [9.17, 15) is 4.79 Å². The van der Waals surface area contributed by atoms with Crippen molar-refractivity contribution in [1.29, 1.82) is 0 Å². The first-order valence-corrected chi connectivity index (χ1v) is 11.0. The number of hydrogen-bond acceptors (Lipinski definition) is 6. The molecule has 0 atom stereocenters. The molecule has 3 rings (SSSR count). The lowest BCUT2D eigenvalue weighted by molar-refractivity contribution is 0.00578. The predicted octanol–water partition coefficient (Wildman–Crippen LogP) is 3.39. The van der Waals surface area contributed by atoms with Crippen molar-refractivity contribution in [2.75, 3.05) is 18.8 Å². The number of anilines is 1. The van der Waals surface area contributed by atoms with Gasteiger partial charge in [0.1, 0.15) is 5.60 Å². The second-order valence-corrected chi connectivity index (χ2v) is 10.5. The van der Waals surface area contributed by atoms with Gasteiger partial charge in [-0.3, -0.25) is 4.99 Å². The Morgan fingerprint density at radius 1 is 1.19 bits per heavy atom. The highest BCUT2D eigenvalue weighted by Gasteiger charge is 2.51. The zero-order chi connectivity index (χ0) is 23.0. The first kappa shape index (κ1) is 23.6. The molecule has 0 radical (unpaired) electrons. The van der Waals surface area contributed by atoms with Crippen LogP contribution in [0, 0.1) is 0 Å². The maximum atomic E-state index is 12.2. The van der Waals surface area contributed by atoms with Gasteiger partial charge in [-0.15, -0.1) is 0 Å². The number of ether oxygens (including phenoxy) is 1. The van der Waals surface area contributed by atoms with Crippen molar-refractivity contribution in [2.24, 2.45) is 4.99 Å². The number of benzene rings is 1. The lowest BCUT2D eigenvalue weighted by atomic mass is 9.78. The standard InChI is InChI=1S/C23H36BN3O4/c1-21(2,3)29-20(28)27-12-10-18(11-13-27)26-15-16-8-9-17(14-19(16)25)24-30-22(4,5)23(6,7)31-24/h8-9,14-15,18H,10-13,25H2,1-7H3. The maximum Gasteiger partial charge on any atom is 0.494 e. The minimum atomic E-state index is -0.476. The number of likely N-dealkylation sites (tertiary alicyclic amines) is 1. The number of amides is 1. The van der Waals surface area contributed by atoms with Crippen molar-refractivity contribution in [3.05, 3.63) is 23.8 Å². The van der Waals surface area contributed by atoms with Crippen molar-refractivity contribution >= 4 is 30.6 Å². The van der Waals surface area contributed by atoms with Crippen LogP contribution in [0.15, 0.2) is 23.2 Å². The van der Waals surface area contributed by atoms with E-state index in [0.717, 1.165) is 23.9 Å². The number of carbonyl (C=O) groups excluding carboxylic acids is 1. The monoisotopic (exact) mass is 429 g/mol. The molecule has 170 valence electrons. The van der Waals surface area contributed by atoms with Gasteiger partial charge in [-0.05, 0) is 72.8 Å². The number of nitrogen functional groups attached to an aromatic ring is 1. The lowest BCUT2D eigenvalue weighted by Gasteiger charge is -2.32. The molecule has 0 aliphatic carbocycles. The average molecular weight is 429 g/mol. The SMILES string of the molecule is CC(C)(C)OC(=O)N1CCC(N=Cc2ccc(B3OC(C)(C)C(C)(C)O3)cc2N)CC1. The summed E-state index contributed by atoms with van der Waals surface area (Å²) in [7, 11) is -0.435. The summed E-state index contributed by atoms with van der Waals surface area (Å²) in [4.78, 5) is 18.7. The average Bonchev–Trinajstić information content (AvgIpc) is 2.87. The van der Waals surface area contributed by atoms with E-state index in [2.05, 4.69) is 0 Å². The Labute approximate surface area is 186 Å². The molecular formula is C23H36BN3O4. The van der Waals surface area contributed by atoms with E-state index in [1.54, 1.807) is 4.90 Å². The van der Waals surface area contributed by atoms with Gasteiger partial charge in [0.15, 0.2) is 0 Å². The molecular weight excluding hydrogens is 393 g/mol. The van der Waals surface area contributed by atoms with Crippen molar-refractivity contribution in [1.82, 2.24) is 4.90 Å². The third-order valence-electron chi connectivity index (χ3n) is 6.18. The van der Waals surface area contributed by atoms with Gasteiger partial charge in [-0.25, -0.2) is 4.79 Å². The summed E-state index contributed by atoms with van der Waals surface area (Å²) in [5.41, 5.74) is 7.45. The Morgan fingerprint density at radius 3 is 2.29 bits per heavy atom. The molecule has 2 N–H and O–H groups in total. The van der Waals surface area contributed by atoms with Crippen molar-refractivity contribution in [3.63, 3.8) is 0 Å². The predicted molar refractivity (Wildman–Crippen MR) is 125 cm³/mol. The first-order chi connectivity index (χ1) is 14.3. The molecule has 2 fully saturated rings. The molecule has 7 nitrogen and oxygen atoms in total. The molecule has 2 heterocycles.